The summed E-state index contributed by atoms with van der Waals surface area (Å²) in [6, 6.07) is 0. The predicted molar refractivity (Wildman–Crippen MR) is 80.3 cm³/mol. The van der Waals surface area contributed by atoms with Crippen molar-refractivity contribution in [3.8, 4) is 0 Å². The van der Waals surface area contributed by atoms with Crippen molar-refractivity contribution in [3.05, 3.63) is 11.6 Å². The number of carbonyl (C=O) groups excluding carboxylic acids is 1. The Bertz CT molecular complexity index is 287. The molecule has 0 aliphatic carbocycles. The smallest absolute Gasteiger partial charge is 0.219 e. The van der Waals surface area contributed by atoms with E-state index in [-0.39, 0.29) is 5.91 Å². The molecule has 1 fully saturated rings. The number of piperazine rings is 1. The number of hydrogen-bond donors (Lipinski definition) is 1. The van der Waals surface area contributed by atoms with Crippen LogP contribution < -0.4 is 4.90 Å². The van der Waals surface area contributed by atoms with Gasteiger partial charge in [0.25, 0.3) is 0 Å². The Kier molecular flexibility index (Phi) is 7.80. The maximum absolute atomic E-state index is 11.2. The van der Waals surface area contributed by atoms with E-state index >= 15 is 0 Å². The van der Waals surface area contributed by atoms with E-state index in [1.165, 1.54) is 44.2 Å². The van der Waals surface area contributed by atoms with E-state index in [1.54, 1.807) is 11.8 Å². The normalized spacial score (nSPS) is 16.5. The molecule has 3 nitrogen and oxygen atoms in total. The van der Waals surface area contributed by atoms with E-state index in [1.807, 2.05) is 4.90 Å². The second kappa shape index (κ2) is 9.13. The maximum Gasteiger partial charge on any atom is 0.219 e. The van der Waals surface area contributed by atoms with Crippen molar-refractivity contribution in [1.29, 1.82) is 0 Å². The first-order valence-corrected chi connectivity index (χ1v) is 7.82. The molecule has 1 saturated heterocycles. The van der Waals surface area contributed by atoms with Crippen molar-refractivity contribution < 1.29 is 9.69 Å². The van der Waals surface area contributed by atoms with Crippen molar-refractivity contribution in [2.45, 2.75) is 52.9 Å². The van der Waals surface area contributed by atoms with Gasteiger partial charge in [-0.1, -0.05) is 18.1 Å². The van der Waals surface area contributed by atoms with Crippen LogP contribution in [0, 0.1) is 0 Å². The molecule has 1 heterocycles. The van der Waals surface area contributed by atoms with Crippen LogP contribution in [0.4, 0.5) is 0 Å². The summed E-state index contributed by atoms with van der Waals surface area (Å²) in [6.45, 7) is 11.5. The Morgan fingerprint density at radius 2 is 1.68 bits per heavy atom. The van der Waals surface area contributed by atoms with E-state index in [9.17, 15) is 4.79 Å². The Labute approximate surface area is 118 Å². The Balaban J connectivity index is 1.96. The molecule has 3 heteroatoms. The van der Waals surface area contributed by atoms with Gasteiger partial charge in [0.2, 0.25) is 5.91 Å². The molecule has 0 unspecified atom stereocenters. The Hall–Kier alpha value is -0.830. The quantitative estimate of drug-likeness (QED) is 0.550. The van der Waals surface area contributed by atoms with E-state index in [0.717, 1.165) is 26.2 Å². The first-order chi connectivity index (χ1) is 9.09. The monoisotopic (exact) mass is 267 g/mol. The van der Waals surface area contributed by atoms with Gasteiger partial charge in [0, 0.05) is 6.92 Å². The molecule has 0 aromatic heterocycles. The van der Waals surface area contributed by atoms with Gasteiger partial charge < -0.3 is 9.80 Å². The summed E-state index contributed by atoms with van der Waals surface area (Å²) in [6.07, 6.45) is 8.97. The van der Waals surface area contributed by atoms with Crippen LogP contribution in [0.25, 0.3) is 0 Å². The molecule has 0 spiro atoms. The zero-order chi connectivity index (χ0) is 14.1. The third kappa shape index (κ3) is 7.36. The highest BCUT2D eigenvalue weighted by atomic mass is 16.2. The van der Waals surface area contributed by atoms with E-state index in [0.29, 0.717) is 0 Å². The van der Waals surface area contributed by atoms with Crippen molar-refractivity contribution in [2.75, 3.05) is 32.7 Å². The number of quaternary nitrogens is 1. The number of hydrogen-bond acceptors (Lipinski definition) is 1. The molecule has 1 aliphatic rings. The molecular weight excluding hydrogens is 236 g/mol. The molecule has 0 radical (unpaired) electrons. The fourth-order valence-electron chi connectivity index (χ4n) is 2.65. The van der Waals surface area contributed by atoms with Gasteiger partial charge in [0.15, 0.2) is 0 Å². The van der Waals surface area contributed by atoms with Gasteiger partial charge in [0.05, 0.1) is 32.7 Å². The lowest BCUT2D eigenvalue weighted by molar-refractivity contribution is -0.904. The number of nitrogens with zero attached hydrogens (tertiary/aromatic N) is 1. The molecule has 0 atom stereocenters. The summed E-state index contributed by atoms with van der Waals surface area (Å²) in [4.78, 5) is 14.9. The minimum atomic E-state index is 0.235. The topological polar surface area (TPSA) is 24.8 Å². The lowest BCUT2D eigenvalue weighted by atomic mass is 10.1. The number of unbranched alkanes of at least 4 members (excludes halogenated alkanes) is 4. The second-order valence-electron chi connectivity index (χ2n) is 5.99. The molecule has 0 aromatic carbocycles. The highest BCUT2D eigenvalue weighted by Crippen LogP contribution is 2.04. The first kappa shape index (κ1) is 16.2. The molecule has 0 aromatic rings. The fraction of sp³-hybridized carbons (Fsp3) is 0.812. The summed E-state index contributed by atoms with van der Waals surface area (Å²) in [5.41, 5.74) is 1.44. The number of carbonyl (C=O) groups is 1. The minimum Gasteiger partial charge on any atom is -0.332 e. The number of rotatable bonds is 7. The third-order valence-corrected chi connectivity index (χ3v) is 3.95. The van der Waals surface area contributed by atoms with Crippen molar-refractivity contribution in [2.24, 2.45) is 0 Å². The van der Waals surface area contributed by atoms with Gasteiger partial charge in [0.1, 0.15) is 0 Å². The zero-order valence-corrected chi connectivity index (χ0v) is 13.0. The van der Waals surface area contributed by atoms with Gasteiger partial charge >= 0.3 is 0 Å². The second-order valence-corrected chi connectivity index (χ2v) is 5.99. The molecule has 1 rings (SSSR count). The number of amides is 1. The molecule has 19 heavy (non-hydrogen) atoms. The van der Waals surface area contributed by atoms with Crippen LogP contribution in [-0.2, 0) is 4.79 Å². The average molecular weight is 267 g/mol. The van der Waals surface area contributed by atoms with E-state index in [2.05, 4.69) is 19.9 Å². The van der Waals surface area contributed by atoms with Crippen LogP contribution in [0.3, 0.4) is 0 Å². The summed E-state index contributed by atoms with van der Waals surface area (Å²) in [7, 11) is 0. The molecule has 110 valence electrons. The molecule has 0 saturated carbocycles. The minimum absolute atomic E-state index is 0.235. The van der Waals surface area contributed by atoms with Gasteiger partial charge in [-0.05, 0) is 39.5 Å². The summed E-state index contributed by atoms with van der Waals surface area (Å²) in [5.74, 6) is 0.235. The van der Waals surface area contributed by atoms with Crippen molar-refractivity contribution in [1.82, 2.24) is 4.90 Å². The SMILES string of the molecule is CC(=O)N1CC[NH+](CCCCCCC=C(C)C)CC1. The summed E-state index contributed by atoms with van der Waals surface area (Å²) >= 11 is 0. The average Bonchev–Trinajstić information content (AvgIpc) is 2.38. The van der Waals surface area contributed by atoms with Crippen LogP contribution in [0.5, 0.6) is 0 Å². The highest BCUT2D eigenvalue weighted by molar-refractivity contribution is 5.73. The lowest BCUT2D eigenvalue weighted by Gasteiger charge is -2.31. The van der Waals surface area contributed by atoms with Gasteiger partial charge in [-0.3, -0.25) is 4.79 Å². The summed E-state index contributed by atoms with van der Waals surface area (Å²) in [5, 5.41) is 0. The van der Waals surface area contributed by atoms with Crippen LogP contribution in [0.2, 0.25) is 0 Å². The van der Waals surface area contributed by atoms with Crippen LogP contribution in [0.15, 0.2) is 11.6 Å². The van der Waals surface area contributed by atoms with Crippen molar-refractivity contribution >= 4 is 5.91 Å². The highest BCUT2D eigenvalue weighted by Gasteiger charge is 2.20. The molecule has 1 aliphatic heterocycles. The van der Waals surface area contributed by atoms with Gasteiger partial charge in [-0.25, -0.2) is 0 Å². The van der Waals surface area contributed by atoms with Gasteiger partial charge in [-0.15, -0.1) is 0 Å². The van der Waals surface area contributed by atoms with Crippen LogP contribution >= 0.6 is 0 Å². The van der Waals surface area contributed by atoms with E-state index in [4.69, 9.17) is 0 Å². The van der Waals surface area contributed by atoms with E-state index < -0.39 is 0 Å². The molecular formula is C16H31N2O+. The molecule has 0 bridgehead atoms. The van der Waals surface area contributed by atoms with Crippen LogP contribution in [0.1, 0.15) is 52.9 Å². The summed E-state index contributed by atoms with van der Waals surface area (Å²) < 4.78 is 0. The van der Waals surface area contributed by atoms with Crippen LogP contribution in [-0.4, -0.2) is 43.5 Å². The number of allylic oxidation sites excluding steroid dienone is 2. The fourth-order valence-corrected chi connectivity index (χ4v) is 2.65. The Morgan fingerprint density at radius 3 is 2.26 bits per heavy atom. The molecule has 1 amide bonds. The largest absolute Gasteiger partial charge is 0.332 e. The lowest BCUT2D eigenvalue weighted by Crippen LogP contribution is -3.14. The molecule has 1 N–H and O–H groups in total. The first-order valence-electron chi connectivity index (χ1n) is 7.82. The zero-order valence-electron chi connectivity index (χ0n) is 13.0. The third-order valence-electron chi connectivity index (χ3n) is 3.95. The standard InChI is InChI=1S/C16H30N2O/c1-15(2)9-7-5-4-6-8-10-17-11-13-18(14-12-17)16(3)19/h9H,4-8,10-14H2,1-3H3/p+1. The predicted octanol–water partition coefficient (Wildman–Crippen LogP) is 1.65. The Morgan fingerprint density at radius 1 is 1.05 bits per heavy atom. The van der Waals surface area contributed by atoms with Gasteiger partial charge in [-0.2, -0.15) is 0 Å². The number of nitrogens with one attached hydrogen (secondary N) is 1. The van der Waals surface area contributed by atoms with Crippen molar-refractivity contribution in [3.63, 3.8) is 0 Å². The maximum atomic E-state index is 11.2.